The van der Waals surface area contributed by atoms with Crippen molar-refractivity contribution in [2.45, 2.75) is 66.2 Å². The Kier molecular flexibility index (Phi) is 9.30. The standard InChI is InChI=1S/C16H33N/c1-7-8-9-10-13-17(6)16(5)12-11-15(4)14(2)3/h14-15H,5,7-13H2,1-4,6H3. The molecule has 0 N–H and O–H groups in total. The molecule has 0 amide bonds. The van der Waals surface area contributed by atoms with Crippen molar-refractivity contribution < 1.29 is 0 Å². The third kappa shape index (κ3) is 8.29. The van der Waals surface area contributed by atoms with Crippen LogP contribution >= 0.6 is 0 Å². The smallest absolute Gasteiger partial charge is 0.0171 e. The summed E-state index contributed by atoms with van der Waals surface area (Å²) in [4.78, 5) is 2.35. The van der Waals surface area contributed by atoms with Gasteiger partial charge in [-0.15, -0.1) is 0 Å². The van der Waals surface area contributed by atoms with E-state index in [2.05, 4.69) is 46.2 Å². The van der Waals surface area contributed by atoms with Crippen LogP contribution in [0.25, 0.3) is 0 Å². The summed E-state index contributed by atoms with van der Waals surface area (Å²) >= 11 is 0. The first-order valence-corrected chi connectivity index (χ1v) is 7.37. The fourth-order valence-electron chi connectivity index (χ4n) is 1.85. The van der Waals surface area contributed by atoms with Crippen molar-refractivity contribution in [3.63, 3.8) is 0 Å². The van der Waals surface area contributed by atoms with E-state index in [0.717, 1.165) is 18.3 Å². The van der Waals surface area contributed by atoms with Gasteiger partial charge in [0.15, 0.2) is 0 Å². The topological polar surface area (TPSA) is 3.24 Å². The second kappa shape index (κ2) is 9.56. The van der Waals surface area contributed by atoms with Gasteiger partial charge in [-0.3, -0.25) is 0 Å². The van der Waals surface area contributed by atoms with Gasteiger partial charge in [0.1, 0.15) is 0 Å². The first-order chi connectivity index (χ1) is 7.99. The molecular formula is C16H33N. The molecule has 0 saturated heterocycles. The average molecular weight is 239 g/mol. The van der Waals surface area contributed by atoms with Gasteiger partial charge in [-0.25, -0.2) is 0 Å². The van der Waals surface area contributed by atoms with Crippen molar-refractivity contribution in [1.82, 2.24) is 4.90 Å². The molecule has 102 valence electrons. The van der Waals surface area contributed by atoms with Crippen LogP contribution in [0.15, 0.2) is 12.3 Å². The van der Waals surface area contributed by atoms with Gasteiger partial charge >= 0.3 is 0 Å². The van der Waals surface area contributed by atoms with E-state index in [0.29, 0.717) is 0 Å². The van der Waals surface area contributed by atoms with E-state index in [4.69, 9.17) is 0 Å². The Labute approximate surface area is 109 Å². The van der Waals surface area contributed by atoms with Crippen LogP contribution in [0.3, 0.4) is 0 Å². The number of rotatable bonds is 10. The van der Waals surface area contributed by atoms with E-state index < -0.39 is 0 Å². The summed E-state index contributed by atoms with van der Waals surface area (Å²) in [7, 11) is 2.19. The lowest BCUT2D eigenvalue weighted by Gasteiger charge is -2.23. The van der Waals surface area contributed by atoms with Gasteiger partial charge in [-0.05, 0) is 31.1 Å². The summed E-state index contributed by atoms with van der Waals surface area (Å²) in [5.41, 5.74) is 1.31. The van der Waals surface area contributed by atoms with E-state index in [1.165, 1.54) is 44.3 Å². The largest absolute Gasteiger partial charge is 0.378 e. The lowest BCUT2D eigenvalue weighted by atomic mass is 9.92. The fraction of sp³-hybridized carbons (Fsp3) is 0.875. The number of hydrogen-bond acceptors (Lipinski definition) is 1. The Bertz CT molecular complexity index is 196. The van der Waals surface area contributed by atoms with Crippen molar-refractivity contribution in [3.05, 3.63) is 12.3 Å². The zero-order valence-electron chi connectivity index (χ0n) is 12.8. The minimum Gasteiger partial charge on any atom is -0.378 e. The predicted octanol–water partition coefficient (Wildman–Crippen LogP) is 5.08. The van der Waals surface area contributed by atoms with Gasteiger partial charge in [0, 0.05) is 19.3 Å². The molecule has 0 radical (unpaired) electrons. The maximum Gasteiger partial charge on any atom is 0.0171 e. The molecule has 0 rings (SSSR count). The van der Waals surface area contributed by atoms with E-state index in [-0.39, 0.29) is 0 Å². The Morgan fingerprint density at radius 1 is 1.12 bits per heavy atom. The van der Waals surface area contributed by atoms with Crippen LogP contribution in [-0.2, 0) is 0 Å². The van der Waals surface area contributed by atoms with Crippen molar-refractivity contribution in [1.29, 1.82) is 0 Å². The summed E-state index contributed by atoms with van der Waals surface area (Å²) in [6.07, 6.45) is 7.78. The summed E-state index contributed by atoms with van der Waals surface area (Å²) < 4.78 is 0. The van der Waals surface area contributed by atoms with Crippen LogP contribution in [0.1, 0.15) is 66.2 Å². The zero-order chi connectivity index (χ0) is 13.3. The molecule has 0 bridgehead atoms. The van der Waals surface area contributed by atoms with Crippen LogP contribution in [0.4, 0.5) is 0 Å². The lowest BCUT2D eigenvalue weighted by Crippen LogP contribution is -2.19. The number of hydrogen-bond donors (Lipinski definition) is 0. The molecule has 0 spiro atoms. The SMILES string of the molecule is C=C(CCC(C)C(C)C)N(C)CCCCCC. The molecule has 0 fully saturated rings. The number of unbranched alkanes of at least 4 members (excludes halogenated alkanes) is 3. The van der Waals surface area contributed by atoms with E-state index in [1.54, 1.807) is 0 Å². The molecule has 0 aromatic heterocycles. The molecule has 0 aromatic rings. The Morgan fingerprint density at radius 2 is 1.76 bits per heavy atom. The predicted molar refractivity (Wildman–Crippen MR) is 79.1 cm³/mol. The molecule has 1 unspecified atom stereocenters. The third-order valence-electron chi connectivity index (χ3n) is 3.91. The van der Waals surface area contributed by atoms with Crippen LogP contribution in [0.2, 0.25) is 0 Å². The lowest BCUT2D eigenvalue weighted by molar-refractivity contribution is 0.346. The molecule has 0 aliphatic heterocycles. The molecule has 0 aliphatic carbocycles. The highest BCUT2D eigenvalue weighted by atomic mass is 15.1. The minimum atomic E-state index is 0.790. The molecule has 0 saturated carbocycles. The van der Waals surface area contributed by atoms with Crippen LogP contribution in [-0.4, -0.2) is 18.5 Å². The molecule has 0 aromatic carbocycles. The number of allylic oxidation sites excluding steroid dienone is 1. The molecule has 1 atom stereocenters. The molecule has 0 aliphatic rings. The fourth-order valence-corrected chi connectivity index (χ4v) is 1.85. The van der Waals surface area contributed by atoms with Crippen LogP contribution < -0.4 is 0 Å². The second-order valence-corrected chi connectivity index (χ2v) is 5.81. The summed E-state index contributed by atoms with van der Waals surface area (Å²) in [6, 6.07) is 0. The highest BCUT2D eigenvalue weighted by Crippen LogP contribution is 2.19. The highest BCUT2D eigenvalue weighted by molar-refractivity contribution is 4.92. The second-order valence-electron chi connectivity index (χ2n) is 5.81. The van der Waals surface area contributed by atoms with Gasteiger partial charge in [-0.2, -0.15) is 0 Å². The Morgan fingerprint density at radius 3 is 2.29 bits per heavy atom. The average Bonchev–Trinajstić information content (AvgIpc) is 2.30. The summed E-state index contributed by atoms with van der Waals surface area (Å²) in [5.74, 6) is 1.60. The van der Waals surface area contributed by atoms with Gasteiger partial charge in [0.2, 0.25) is 0 Å². The normalized spacial score (nSPS) is 12.8. The first kappa shape index (κ1) is 16.5. The van der Waals surface area contributed by atoms with Crippen LogP contribution in [0, 0.1) is 11.8 Å². The minimum absolute atomic E-state index is 0.790. The maximum atomic E-state index is 4.21. The van der Waals surface area contributed by atoms with Crippen molar-refractivity contribution in [2.75, 3.05) is 13.6 Å². The third-order valence-corrected chi connectivity index (χ3v) is 3.91. The van der Waals surface area contributed by atoms with Gasteiger partial charge in [0.25, 0.3) is 0 Å². The first-order valence-electron chi connectivity index (χ1n) is 7.37. The monoisotopic (exact) mass is 239 g/mol. The quantitative estimate of drug-likeness (QED) is 0.480. The molecule has 0 heterocycles. The highest BCUT2D eigenvalue weighted by Gasteiger charge is 2.09. The van der Waals surface area contributed by atoms with Crippen molar-refractivity contribution in [2.24, 2.45) is 11.8 Å². The van der Waals surface area contributed by atoms with Gasteiger partial charge in [0.05, 0.1) is 0 Å². The summed E-state index contributed by atoms with van der Waals surface area (Å²) in [5, 5.41) is 0. The van der Waals surface area contributed by atoms with E-state index in [9.17, 15) is 0 Å². The van der Waals surface area contributed by atoms with Crippen LogP contribution in [0.5, 0.6) is 0 Å². The molecule has 1 nitrogen and oxygen atoms in total. The molecular weight excluding hydrogens is 206 g/mol. The summed E-state index contributed by atoms with van der Waals surface area (Å²) in [6.45, 7) is 14.6. The van der Waals surface area contributed by atoms with E-state index in [1.807, 2.05) is 0 Å². The van der Waals surface area contributed by atoms with Crippen molar-refractivity contribution in [3.8, 4) is 0 Å². The zero-order valence-corrected chi connectivity index (χ0v) is 12.8. The van der Waals surface area contributed by atoms with Gasteiger partial charge in [-0.1, -0.05) is 53.5 Å². The molecule has 1 heteroatoms. The maximum absolute atomic E-state index is 4.21. The molecule has 17 heavy (non-hydrogen) atoms. The van der Waals surface area contributed by atoms with Crippen molar-refractivity contribution >= 4 is 0 Å². The Balaban J connectivity index is 3.67. The van der Waals surface area contributed by atoms with Gasteiger partial charge < -0.3 is 4.90 Å². The number of nitrogens with zero attached hydrogens (tertiary/aromatic N) is 1. The van der Waals surface area contributed by atoms with E-state index >= 15 is 0 Å². The Hall–Kier alpha value is -0.460.